The Morgan fingerprint density at radius 2 is 1.77 bits per heavy atom. The topological polar surface area (TPSA) is 52.7 Å². The van der Waals surface area contributed by atoms with Crippen LogP contribution in [0.4, 0.5) is 5.69 Å². The van der Waals surface area contributed by atoms with Gasteiger partial charge in [0.2, 0.25) is 0 Å². The molecule has 0 saturated carbocycles. The zero-order valence-electron chi connectivity index (χ0n) is 17.2. The molecule has 6 heteroatoms. The lowest BCUT2D eigenvalue weighted by Gasteiger charge is -2.29. The van der Waals surface area contributed by atoms with E-state index in [4.69, 9.17) is 0 Å². The number of nitrogens with one attached hydrogen (secondary N) is 1. The predicted molar refractivity (Wildman–Crippen MR) is 124 cm³/mol. The summed E-state index contributed by atoms with van der Waals surface area (Å²) in [5.74, 6) is 0.0323. The first-order chi connectivity index (χ1) is 15.2. The molecule has 31 heavy (non-hydrogen) atoms. The lowest BCUT2D eigenvalue weighted by molar-refractivity contribution is 0.0934. The minimum Gasteiger partial charge on any atom is -0.350 e. The molecule has 2 unspecified atom stereocenters. The molecule has 2 amide bonds. The van der Waals surface area contributed by atoms with Crippen molar-refractivity contribution in [2.45, 2.75) is 31.5 Å². The third-order valence-corrected chi connectivity index (χ3v) is 7.03. The number of fused-ring (bicyclic) bond motifs is 2. The number of carbonyl (C=O) groups excluding carboxylic acids is 2. The molecular formula is C25H25N3O2S. The van der Waals surface area contributed by atoms with Gasteiger partial charge in [-0.25, -0.2) is 0 Å². The van der Waals surface area contributed by atoms with Gasteiger partial charge in [-0.1, -0.05) is 36.4 Å². The van der Waals surface area contributed by atoms with Crippen LogP contribution >= 0.6 is 11.3 Å². The van der Waals surface area contributed by atoms with Gasteiger partial charge in [0.15, 0.2) is 0 Å². The number of anilines is 1. The summed E-state index contributed by atoms with van der Waals surface area (Å²) in [5, 5.41) is 6.91. The fourth-order valence-corrected chi connectivity index (χ4v) is 5.37. The lowest BCUT2D eigenvalue weighted by Crippen LogP contribution is -2.45. The van der Waals surface area contributed by atoms with Crippen LogP contribution in [0.15, 0.2) is 71.4 Å². The SMILES string of the molecule is O=C(NCC1CCC2CN(C(=O)c3ccccc3)c3ccccc3CN12)c1ccsc1. The van der Waals surface area contributed by atoms with Gasteiger partial charge in [-0.15, -0.1) is 0 Å². The average Bonchev–Trinajstić information content (AvgIpc) is 3.44. The molecule has 0 radical (unpaired) electrons. The van der Waals surface area contributed by atoms with Gasteiger partial charge in [-0.2, -0.15) is 11.3 Å². The maximum absolute atomic E-state index is 13.4. The molecule has 158 valence electrons. The zero-order chi connectivity index (χ0) is 21.2. The highest BCUT2D eigenvalue weighted by molar-refractivity contribution is 7.08. The van der Waals surface area contributed by atoms with E-state index in [9.17, 15) is 9.59 Å². The molecule has 0 bridgehead atoms. The standard InChI is InChI=1S/C25H25N3O2S/c29-24(20-12-13-31-17-20)26-14-21-10-11-22-16-28(25(30)18-6-2-1-3-7-18)23-9-5-4-8-19(23)15-27(21)22/h1-9,12-13,17,21-22H,10-11,14-16H2,(H,26,29). The van der Waals surface area contributed by atoms with Crippen molar-refractivity contribution in [3.8, 4) is 0 Å². The van der Waals surface area contributed by atoms with E-state index in [0.717, 1.165) is 36.2 Å². The van der Waals surface area contributed by atoms with Crippen LogP contribution in [0.2, 0.25) is 0 Å². The number of para-hydroxylation sites is 1. The van der Waals surface area contributed by atoms with Crippen molar-refractivity contribution >= 4 is 28.8 Å². The maximum atomic E-state index is 13.4. The molecule has 2 aliphatic heterocycles. The highest BCUT2D eigenvalue weighted by Gasteiger charge is 2.38. The number of nitrogens with zero attached hydrogens (tertiary/aromatic N) is 2. The number of benzene rings is 2. The van der Waals surface area contributed by atoms with Crippen LogP contribution in [-0.4, -0.2) is 41.9 Å². The Hall–Kier alpha value is -2.96. The predicted octanol–water partition coefficient (Wildman–Crippen LogP) is 4.17. The number of hydrogen-bond donors (Lipinski definition) is 1. The summed E-state index contributed by atoms with van der Waals surface area (Å²) in [6.07, 6.45) is 2.04. The van der Waals surface area contributed by atoms with Gasteiger partial charge in [-0.3, -0.25) is 14.5 Å². The van der Waals surface area contributed by atoms with Crippen LogP contribution in [0.3, 0.4) is 0 Å². The molecule has 0 spiro atoms. The van der Waals surface area contributed by atoms with E-state index >= 15 is 0 Å². The summed E-state index contributed by atoms with van der Waals surface area (Å²) >= 11 is 1.53. The quantitative estimate of drug-likeness (QED) is 0.675. The van der Waals surface area contributed by atoms with Gasteiger partial charge < -0.3 is 10.2 Å². The van der Waals surface area contributed by atoms with Crippen LogP contribution in [-0.2, 0) is 6.54 Å². The molecule has 2 aliphatic rings. The molecule has 5 nitrogen and oxygen atoms in total. The van der Waals surface area contributed by atoms with E-state index in [1.165, 1.54) is 11.3 Å². The second-order valence-corrected chi connectivity index (χ2v) is 8.97. The molecular weight excluding hydrogens is 406 g/mol. The summed E-state index contributed by atoms with van der Waals surface area (Å²) in [4.78, 5) is 30.2. The van der Waals surface area contributed by atoms with Gasteiger partial charge >= 0.3 is 0 Å². The van der Waals surface area contributed by atoms with Crippen molar-refractivity contribution in [2.75, 3.05) is 18.0 Å². The maximum Gasteiger partial charge on any atom is 0.258 e. The second kappa shape index (κ2) is 8.65. The summed E-state index contributed by atoms with van der Waals surface area (Å²) < 4.78 is 0. The second-order valence-electron chi connectivity index (χ2n) is 8.19. The monoisotopic (exact) mass is 431 g/mol. The Morgan fingerprint density at radius 3 is 2.58 bits per heavy atom. The Balaban J connectivity index is 1.37. The average molecular weight is 432 g/mol. The van der Waals surface area contributed by atoms with Crippen LogP contribution < -0.4 is 10.2 Å². The number of amides is 2. The molecule has 1 saturated heterocycles. The zero-order valence-corrected chi connectivity index (χ0v) is 18.1. The Labute approximate surface area is 186 Å². The largest absolute Gasteiger partial charge is 0.350 e. The molecule has 1 aromatic heterocycles. The molecule has 0 aliphatic carbocycles. The molecule has 1 fully saturated rings. The van der Waals surface area contributed by atoms with Crippen LogP contribution in [0.25, 0.3) is 0 Å². The first-order valence-electron chi connectivity index (χ1n) is 10.7. The van der Waals surface area contributed by atoms with Gasteiger partial charge in [0.25, 0.3) is 11.8 Å². The summed E-state index contributed by atoms with van der Waals surface area (Å²) in [6.45, 7) is 2.08. The van der Waals surface area contributed by atoms with Crippen LogP contribution in [0.1, 0.15) is 39.1 Å². The first kappa shape index (κ1) is 20.0. The van der Waals surface area contributed by atoms with E-state index < -0.39 is 0 Å². The van der Waals surface area contributed by atoms with E-state index in [1.807, 2.05) is 70.3 Å². The molecule has 1 N–H and O–H groups in total. The highest BCUT2D eigenvalue weighted by Crippen LogP contribution is 2.35. The summed E-state index contributed by atoms with van der Waals surface area (Å²) in [6, 6.07) is 20.1. The van der Waals surface area contributed by atoms with Crippen molar-refractivity contribution in [3.05, 3.63) is 88.1 Å². The Kier molecular flexibility index (Phi) is 5.57. The molecule has 2 atom stereocenters. The highest BCUT2D eigenvalue weighted by atomic mass is 32.1. The van der Waals surface area contributed by atoms with Gasteiger partial charge in [0, 0.05) is 53.9 Å². The minimum atomic E-state index is -0.0131. The van der Waals surface area contributed by atoms with Crippen LogP contribution in [0, 0.1) is 0 Å². The minimum absolute atomic E-state index is 0.0131. The smallest absolute Gasteiger partial charge is 0.258 e. The normalized spacial score (nSPS) is 20.6. The number of rotatable bonds is 4. The lowest BCUT2D eigenvalue weighted by atomic mass is 10.1. The number of thiophene rings is 1. The molecule has 5 rings (SSSR count). The van der Waals surface area contributed by atoms with E-state index in [-0.39, 0.29) is 23.9 Å². The van der Waals surface area contributed by atoms with Gasteiger partial charge in [-0.05, 0) is 48.1 Å². The van der Waals surface area contributed by atoms with E-state index in [1.54, 1.807) is 0 Å². The van der Waals surface area contributed by atoms with Crippen molar-refractivity contribution in [3.63, 3.8) is 0 Å². The number of hydrogen-bond acceptors (Lipinski definition) is 4. The molecule has 3 aromatic rings. The van der Waals surface area contributed by atoms with Gasteiger partial charge in [0.05, 0.1) is 0 Å². The number of carbonyl (C=O) groups is 2. The fraction of sp³-hybridized carbons (Fsp3) is 0.280. The third kappa shape index (κ3) is 4.01. The fourth-order valence-electron chi connectivity index (χ4n) is 4.74. The van der Waals surface area contributed by atoms with Crippen molar-refractivity contribution < 1.29 is 9.59 Å². The molecule has 3 heterocycles. The Bertz CT molecular complexity index is 1070. The van der Waals surface area contributed by atoms with Crippen molar-refractivity contribution in [1.82, 2.24) is 10.2 Å². The van der Waals surface area contributed by atoms with Crippen molar-refractivity contribution in [2.24, 2.45) is 0 Å². The van der Waals surface area contributed by atoms with E-state index in [2.05, 4.69) is 16.3 Å². The van der Waals surface area contributed by atoms with Crippen LogP contribution in [0.5, 0.6) is 0 Å². The summed E-state index contributed by atoms with van der Waals surface area (Å²) in [5.41, 5.74) is 3.58. The Morgan fingerprint density at radius 1 is 0.968 bits per heavy atom. The van der Waals surface area contributed by atoms with E-state index in [0.29, 0.717) is 18.7 Å². The third-order valence-electron chi connectivity index (χ3n) is 6.35. The van der Waals surface area contributed by atoms with Crippen molar-refractivity contribution in [1.29, 1.82) is 0 Å². The van der Waals surface area contributed by atoms with Gasteiger partial charge in [0.1, 0.15) is 0 Å². The summed E-state index contributed by atoms with van der Waals surface area (Å²) in [7, 11) is 0. The molecule has 2 aromatic carbocycles. The first-order valence-corrected chi connectivity index (χ1v) is 11.7.